The first-order chi connectivity index (χ1) is 8.32. The predicted molar refractivity (Wildman–Crippen MR) is 71.6 cm³/mol. The molecule has 0 atom stereocenters. The Balaban J connectivity index is 3.20. The van der Waals surface area contributed by atoms with E-state index < -0.39 is 5.54 Å². The highest BCUT2D eigenvalue weighted by atomic mass is 16.5. The molecule has 1 rings (SSSR count). The monoisotopic (exact) mass is 251 g/mol. The van der Waals surface area contributed by atoms with Crippen LogP contribution in [0.2, 0.25) is 0 Å². The largest absolute Gasteiger partial charge is 0.497 e. The normalized spacial score (nSPS) is 11.5. The number of ketones is 1. The second kappa shape index (κ2) is 5.40. The Morgan fingerprint density at radius 2 is 1.50 bits per heavy atom. The number of rotatable bonds is 5. The van der Waals surface area contributed by atoms with E-state index in [1.54, 1.807) is 32.4 Å². The van der Waals surface area contributed by atoms with Crippen LogP contribution in [-0.4, -0.2) is 44.5 Å². The van der Waals surface area contributed by atoms with Crippen molar-refractivity contribution in [1.82, 2.24) is 4.90 Å². The fourth-order valence-electron chi connectivity index (χ4n) is 1.49. The number of carbonyl (C=O) groups is 1. The van der Waals surface area contributed by atoms with Crippen LogP contribution in [-0.2, 0) is 0 Å². The molecule has 0 spiro atoms. The van der Waals surface area contributed by atoms with Crippen LogP contribution < -0.4 is 9.47 Å². The zero-order valence-electron chi connectivity index (χ0n) is 11.9. The smallest absolute Gasteiger partial charge is 0.182 e. The van der Waals surface area contributed by atoms with E-state index in [9.17, 15) is 4.79 Å². The average Bonchev–Trinajstić information content (AvgIpc) is 2.36. The van der Waals surface area contributed by atoms with Crippen LogP contribution in [0.15, 0.2) is 18.2 Å². The summed E-state index contributed by atoms with van der Waals surface area (Å²) >= 11 is 0. The van der Waals surface area contributed by atoms with Crippen molar-refractivity contribution in [1.29, 1.82) is 0 Å². The molecule has 0 unspecified atom stereocenters. The van der Waals surface area contributed by atoms with Gasteiger partial charge in [-0.1, -0.05) is 0 Å². The first-order valence-corrected chi connectivity index (χ1v) is 5.78. The summed E-state index contributed by atoms with van der Waals surface area (Å²) in [6.45, 7) is 3.78. The van der Waals surface area contributed by atoms with Crippen molar-refractivity contribution in [2.24, 2.45) is 0 Å². The summed E-state index contributed by atoms with van der Waals surface area (Å²) in [5.41, 5.74) is 0.0158. The van der Waals surface area contributed by atoms with Crippen molar-refractivity contribution in [2.45, 2.75) is 19.4 Å². The molecule has 4 heteroatoms. The van der Waals surface area contributed by atoms with Gasteiger partial charge in [0.25, 0.3) is 0 Å². The van der Waals surface area contributed by atoms with Gasteiger partial charge in [-0.3, -0.25) is 9.69 Å². The number of Topliss-reactive ketones (excluding diaryl/α,β-unsaturated/α-hetero) is 1. The van der Waals surface area contributed by atoms with Crippen molar-refractivity contribution in [2.75, 3.05) is 28.3 Å². The molecule has 0 saturated heterocycles. The van der Waals surface area contributed by atoms with E-state index in [1.807, 2.05) is 32.8 Å². The van der Waals surface area contributed by atoms with E-state index in [2.05, 4.69) is 0 Å². The number of ether oxygens (including phenoxy) is 2. The van der Waals surface area contributed by atoms with Gasteiger partial charge in [0.15, 0.2) is 5.78 Å². The molecule has 0 radical (unpaired) electrons. The molecule has 0 heterocycles. The highest BCUT2D eigenvalue weighted by molar-refractivity contribution is 6.03. The van der Waals surface area contributed by atoms with Gasteiger partial charge in [-0.25, -0.2) is 0 Å². The van der Waals surface area contributed by atoms with Crippen LogP contribution in [0, 0.1) is 0 Å². The van der Waals surface area contributed by atoms with E-state index in [-0.39, 0.29) is 5.78 Å². The van der Waals surface area contributed by atoms with Gasteiger partial charge < -0.3 is 9.47 Å². The van der Waals surface area contributed by atoms with E-state index >= 15 is 0 Å². The first-order valence-electron chi connectivity index (χ1n) is 5.78. The Morgan fingerprint density at radius 1 is 1.06 bits per heavy atom. The predicted octanol–water partition coefficient (Wildman–Crippen LogP) is 2.23. The molecular weight excluding hydrogens is 230 g/mol. The van der Waals surface area contributed by atoms with Gasteiger partial charge in [0, 0.05) is 11.6 Å². The van der Waals surface area contributed by atoms with Crippen LogP contribution in [0.5, 0.6) is 11.5 Å². The maximum atomic E-state index is 12.5. The minimum atomic E-state index is -0.572. The fraction of sp³-hybridized carbons (Fsp3) is 0.500. The molecule has 100 valence electrons. The highest BCUT2D eigenvalue weighted by Gasteiger charge is 2.31. The lowest BCUT2D eigenvalue weighted by Crippen LogP contribution is -2.45. The molecule has 1 aromatic carbocycles. The van der Waals surface area contributed by atoms with Crippen molar-refractivity contribution >= 4 is 5.78 Å². The van der Waals surface area contributed by atoms with Gasteiger partial charge in [0.1, 0.15) is 11.5 Å². The van der Waals surface area contributed by atoms with Gasteiger partial charge in [-0.2, -0.15) is 0 Å². The van der Waals surface area contributed by atoms with Gasteiger partial charge in [0.2, 0.25) is 0 Å². The Hall–Kier alpha value is -1.55. The van der Waals surface area contributed by atoms with E-state index in [1.165, 1.54) is 0 Å². The average molecular weight is 251 g/mol. The maximum absolute atomic E-state index is 12.5. The van der Waals surface area contributed by atoms with Crippen LogP contribution in [0.25, 0.3) is 0 Å². The third-order valence-corrected chi connectivity index (χ3v) is 3.29. The van der Waals surface area contributed by atoms with Crippen molar-refractivity contribution in [3.8, 4) is 11.5 Å². The molecule has 0 aromatic heterocycles. The zero-order valence-corrected chi connectivity index (χ0v) is 11.9. The number of carbonyl (C=O) groups excluding carboxylic acids is 1. The number of hydrogen-bond acceptors (Lipinski definition) is 4. The van der Waals surface area contributed by atoms with E-state index in [0.717, 1.165) is 0 Å². The number of benzene rings is 1. The maximum Gasteiger partial charge on any atom is 0.182 e. The lowest BCUT2D eigenvalue weighted by atomic mass is 9.92. The molecular formula is C14H21NO3. The molecule has 0 saturated carbocycles. The molecule has 18 heavy (non-hydrogen) atoms. The second-order valence-corrected chi connectivity index (χ2v) is 4.88. The minimum Gasteiger partial charge on any atom is -0.497 e. The summed E-state index contributed by atoms with van der Waals surface area (Å²) in [6, 6.07) is 5.21. The molecule has 0 amide bonds. The third kappa shape index (κ3) is 2.82. The summed E-state index contributed by atoms with van der Waals surface area (Å²) in [5.74, 6) is 1.27. The van der Waals surface area contributed by atoms with Crippen molar-refractivity contribution in [3.63, 3.8) is 0 Å². The standard InChI is InChI=1S/C14H21NO3/c1-14(2,15(3)4)13(16)10-7-11(17-5)9-12(8-10)18-6/h7-9H,1-6H3. The Kier molecular flexibility index (Phi) is 4.35. The topological polar surface area (TPSA) is 38.8 Å². The zero-order chi connectivity index (χ0) is 13.9. The van der Waals surface area contributed by atoms with Crippen LogP contribution in [0.3, 0.4) is 0 Å². The fourth-order valence-corrected chi connectivity index (χ4v) is 1.49. The lowest BCUT2D eigenvalue weighted by Gasteiger charge is -2.31. The van der Waals surface area contributed by atoms with Crippen molar-refractivity contribution in [3.05, 3.63) is 23.8 Å². The Labute approximate surface area is 108 Å². The Morgan fingerprint density at radius 3 is 1.83 bits per heavy atom. The molecule has 0 aliphatic carbocycles. The molecule has 0 aliphatic heterocycles. The molecule has 0 aliphatic rings. The summed E-state index contributed by atoms with van der Waals surface area (Å²) in [7, 11) is 6.91. The lowest BCUT2D eigenvalue weighted by molar-refractivity contribution is 0.0755. The first kappa shape index (κ1) is 14.5. The number of methoxy groups -OCH3 is 2. The Bertz CT molecular complexity index is 416. The van der Waals surface area contributed by atoms with Gasteiger partial charge in [-0.05, 0) is 40.1 Å². The van der Waals surface area contributed by atoms with E-state index in [0.29, 0.717) is 17.1 Å². The van der Waals surface area contributed by atoms with Crippen LogP contribution in [0.1, 0.15) is 24.2 Å². The van der Waals surface area contributed by atoms with Gasteiger partial charge in [-0.15, -0.1) is 0 Å². The SMILES string of the molecule is COc1cc(OC)cc(C(=O)C(C)(C)N(C)C)c1. The quantitative estimate of drug-likeness (QED) is 0.752. The summed E-state index contributed by atoms with van der Waals surface area (Å²) in [5, 5.41) is 0. The summed E-state index contributed by atoms with van der Waals surface area (Å²) in [6.07, 6.45) is 0. The summed E-state index contributed by atoms with van der Waals surface area (Å²) < 4.78 is 10.3. The molecule has 0 fully saturated rings. The molecule has 0 bridgehead atoms. The van der Waals surface area contributed by atoms with E-state index in [4.69, 9.17) is 9.47 Å². The molecule has 0 N–H and O–H groups in total. The third-order valence-electron chi connectivity index (χ3n) is 3.29. The number of nitrogens with zero attached hydrogens (tertiary/aromatic N) is 1. The van der Waals surface area contributed by atoms with Crippen LogP contribution >= 0.6 is 0 Å². The van der Waals surface area contributed by atoms with Gasteiger partial charge >= 0.3 is 0 Å². The minimum absolute atomic E-state index is 0.0321. The highest BCUT2D eigenvalue weighted by Crippen LogP contribution is 2.26. The number of hydrogen-bond donors (Lipinski definition) is 0. The second-order valence-electron chi connectivity index (χ2n) is 4.88. The van der Waals surface area contributed by atoms with Crippen molar-refractivity contribution < 1.29 is 14.3 Å². The summed E-state index contributed by atoms with van der Waals surface area (Å²) in [4.78, 5) is 14.4. The molecule has 1 aromatic rings. The van der Waals surface area contributed by atoms with Crippen LogP contribution in [0.4, 0.5) is 0 Å². The van der Waals surface area contributed by atoms with Gasteiger partial charge in [0.05, 0.1) is 19.8 Å². The number of likely N-dealkylation sites (N-methyl/N-ethyl adjacent to an activating group) is 1. The molecule has 4 nitrogen and oxygen atoms in total.